The van der Waals surface area contributed by atoms with Crippen LogP contribution in [0.5, 0.6) is 5.75 Å². The minimum atomic E-state index is -1.04. The molecule has 2 amide bonds. The third-order valence-corrected chi connectivity index (χ3v) is 12.7. The second kappa shape index (κ2) is 28.9. The van der Waals surface area contributed by atoms with E-state index in [1.54, 1.807) is 40.0 Å². The van der Waals surface area contributed by atoms with Crippen molar-refractivity contribution in [3.05, 3.63) is 53.6 Å². The first-order chi connectivity index (χ1) is 34.7. The zero-order chi connectivity index (χ0) is 51.6. The Bertz CT molecular complexity index is 2370. The predicted octanol–water partition coefficient (Wildman–Crippen LogP) is 2.26. The van der Waals surface area contributed by atoms with Gasteiger partial charge in [-0.3, -0.25) is 14.4 Å². The van der Waals surface area contributed by atoms with Gasteiger partial charge in [-0.05, 0) is 48.8 Å². The summed E-state index contributed by atoms with van der Waals surface area (Å²) in [6.07, 6.45) is 10.3. The van der Waals surface area contributed by atoms with Gasteiger partial charge in [0.2, 0.25) is 29.7 Å². The lowest BCUT2D eigenvalue weighted by atomic mass is 9.97. The van der Waals surface area contributed by atoms with Crippen LogP contribution < -0.4 is 26.6 Å². The number of phenolic OH excluding ortho intramolecular Hbond substituents is 1. The molecule has 1 aromatic carbocycles. The number of nitrogens with one attached hydrogen (secondary N) is 1. The molecule has 400 valence electrons. The number of amides is 2. The summed E-state index contributed by atoms with van der Waals surface area (Å²) in [4.78, 5) is 62.4. The summed E-state index contributed by atoms with van der Waals surface area (Å²) >= 11 is 0. The molecule has 24 nitrogen and oxygen atoms in total. The summed E-state index contributed by atoms with van der Waals surface area (Å²) in [5, 5.41) is 39.8. The van der Waals surface area contributed by atoms with E-state index in [4.69, 9.17) is 47.1 Å². The van der Waals surface area contributed by atoms with Crippen LogP contribution in [-0.4, -0.2) is 181 Å². The van der Waals surface area contributed by atoms with Crippen LogP contribution in [0, 0.1) is 24.2 Å². The van der Waals surface area contributed by atoms with Crippen LogP contribution >= 0.6 is 12.4 Å². The van der Waals surface area contributed by atoms with Gasteiger partial charge >= 0.3 is 5.97 Å². The van der Waals surface area contributed by atoms with Gasteiger partial charge in [0, 0.05) is 65.3 Å². The molecule has 0 spiro atoms. The zero-order valence-corrected chi connectivity index (χ0v) is 43.2. The van der Waals surface area contributed by atoms with Crippen molar-refractivity contribution < 1.29 is 38.8 Å². The van der Waals surface area contributed by atoms with Gasteiger partial charge in [-0.1, -0.05) is 62.6 Å². The number of phenols is 1. The number of terminal acetylenes is 1. The molecule has 5 atom stereocenters. The molecule has 3 unspecified atom stereocenters. The Morgan fingerprint density at radius 1 is 0.767 bits per heavy atom. The van der Waals surface area contributed by atoms with E-state index in [1.165, 1.54) is 4.68 Å². The summed E-state index contributed by atoms with van der Waals surface area (Å²) in [6, 6.07) is 4.40. The third-order valence-electron chi connectivity index (χ3n) is 12.7. The van der Waals surface area contributed by atoms with E-state index < -0.39 is 24.1 Å². The number of aromatic hydroxyl groups is 1. The highest BCUT2D eigenvalue weighted by molar-refractivity contribution is 5.85. The minimum Gasteiger partial charge on any atom is -0.508 e. The van der Waals surface area contributed by atoms with Gasteiger partial charge in [0.15, 0.2) is 0 Å². The van der Waals surface area contributed by atoms with E-state index in [-0.39, 0.29) is 61.4 Å². The van der Waals surface area contributed by atoms with E-state index in [2.05, 4.69) is 52.6 Å². The van der Waals surface area contributed by atoms with Crippen molar-refractivity contribution >= 4 is 48.0 Å². The van der Waals surface area contributed by atoms with E-state index in [0.29, 0.717) is 134 Å². The Morgan fingerprint density at radius 2 is 1.32 bits per heavy atom. The summed E-state index contributed by atoms with van der Waals surface area (Å²) in [6.45, 7) is 14.0. The fourth-order valence-electron chi connectivity index (χ4n) is 8.47. The minimum absolute atomic E-state index is 0. The maximum absolute atomic E-state index is 14.3. The number of anilines is 3. The third kappa shape index (κ3) is 16.9. The smallest absolute Gasteiger partial charge is 0.303 e. The molecule has 0 saturated carbocycles. The molecule has 0 radical (unpaired) electrons. The number of hydrogen-bond donors (Lipinski definition) is 5. The molecule has 3 aromatic heterocycles. The van der Waals surface area contributed by atoms with Crippen molar-refractivity contribution in [1.29, 1.82) is 0 Å². The number of hydrogen-bond acceptors (Lipinski definition) is 19. The molecule has 7 N–H and O–H groups in total. The predicted molar refractivity (Wildman–Crippen MR) is 274 cm³/mol. The van der Waals surface area contributed by atoms with Gasteiger partial charge in [0.05, 0.1) is 68.9 Å². The van der Waals surface area contributed by atoms with Crippen LogP contribution in [0.4, 0.5) is 17.8 Å². The maximum atomic E-state index is 14.3. The van der Waals surface area contributed by atoms with Gasteiger partial charge in [-0.25, -0.2) is 9.36 Å². The summed E-state index contributed by atoms with van der Waals surface area (Å²) in [7, 11) is 0. The number of ether oxygens (including phenoxy) is 3. The number of aromatic nitrogens is 9. The molecule has 0 aliphatic carbocycles. The number of carboxylic acid groups (broad SMARTS) is 1. The normalized spacial score (nSPS) is 16.1. The summed E-state index contributed by atoms with van der Waals surface area (Å²) in [5.41, 5.74) is 14.9. The quantitative estimate of drug-likeness (QED) is 0.0403. The van der Waals surface area contributed by atoms with Gasteiger partial charge in [0.25, 0.3) is 0 Å². The average Bonchev–Trinajstić information content (AvgIpc) is 4.08. The lowest BCUT2D eigenvalue weighted by molar-refractivity contribution is -0.139. The summed E-state index contributed by atoms with van der Waals surface area (Å²) in [5.74, 6) is 2.77. The maximum Gasteiger partial charge on any atom is 0.303 e. The standard InChI is InChI=1S/C48H72N16O8.ClH/c1-6-23-70-25-27-72-28-26-71-24-14-51-46-52-47(54-48(53-46)62-21-17-60(18-22-62)45(69)43(34(5)7-2)64-32-40(56-58-64)37(49)29-33(3)4)61-19-15-59(16-20-61)44(68)41(12-13-42(66)67)63-31-39(55-57-63)38(50)30-35-8-10-36(65)11-9-35;/h1,8-11,31-34,37-38,41,43,65H,7,12-30,49-50H2,2-5H3,(H,66,67)(H,51,52,53,54);1H/t34-,37?,38?,41-,43?;/m0./s1. The number of halogens is 1. The number of carbonyl (C=O) groups excluding carboxylic acids is 2. The molecule has 73 heavy (non-hydrogen) atoms. The number of piperazine rings is 2. The average molecular weight is 1040 g/mol. The SMILES string of the molecule is C#CCOCCOCCOCCNc1nc(N2CCN(C(=O)C([C@@H](C)CC)n3cc(C(N)CC(C)C)nn3)CC2)nc(N2CCN(C(=O)[C@H](CCC(=O)O)n3cc(C(N)Cc4ccc(O)cc4)nn3)CC2)n1.Cl. The van der Waals surface area contributed by atoms with Crippen molar-refractivity contribution in [3.63, 3.8) is 0 Å². The topological polar surface area (TPSA) is 296 Å². The van der Waals surface area contributed by atoms with Crippen molar-refractivity contribution in [1.82, 2.24) is 54.7 Å². The first-order valence-corrected chi connectivity index (χ1v) is 24.8. The van der Waals surface area contributed by atoms with Crippen LogP contribution in [0.15, 0.2) is 36.7 Å². The molecule has 5 heterocycles. The zero-order valence-electron chi connectivity index (χ0n) is 42.4. The molecule has 4 aromatic rings. The molecule has 6 rings (SSSR count). The Morgan fingerprint density at radius 3 is 1.89 bits per heavy atom. The lowest BCUT2D eigenvalue weighted by Gasteiger charge is -2.38. The van der Waals surface area contributed by atoms with Gasteiger partial charge in [0.1, 0.15) is 24.4 Å². The van der Waals surface area contributed by atoms with Crippen LogP contribution in [0.25, 0.3) is 0 Å². The summed E-state index contributed by atoms with van der Waals surface area (Å²) < 4.78 is 19.6. The fourth-order valence-corrected chi connectivity index (χ4v) is 8.47. The Kier molecular flexibility index (Phi) is 22.8. The van der Waals surface area contributed by atoms with Crippen molar-refractivity contribution in [2.75, 3.05) is 114 Å². The van der Waals surface area contributed by atoms with Crippen molar-refractivity contribution in [3.8, 4) is 18.1 Å². The van der Waals surface area contributed by atoms with E-state index in [0.717, 1.165) is 18.4 Å². The first kappa shape index (κ1) is 57.7. The molecule has 0 bridgehead atoms. The first-order valence-electron chi connectivity index (χ1n) is 24.8. The number of carbonyl (C=O) groups is 3. The molecular formula is C48H73ClN16O8. The Balaban J connectivity index is 0.00000988. The van der Waals surface area contributed by atoms with Crippen LogP contribution in [0.2, 0.25) is 0 Å². The molecule has 2 aliphatic rings. The number of nitrogens with zero attached hydrogens (tertiary/aromatic N) is 13. The Hall–Kier alpha value is -6.23. The number of aliphatic carboxylic acids is 1. The monoisotopic (exact) mass is 1040 g/mol. The second-order valence-corrected chi connectivity index (χ2v) is 18.5. The number of benzene rings is 1. The van der Waals surface area contributed by atoms with Crippen LogP contribution in [-0.2, 0) is 35.0 Å². The van der Waals surface area contributed by atoms with Crippen molar-refractivity contribution in [2.24, 2.45) is 23.3 Å². The van der Waals surface area contributed by atoms with Gasteiger partial charge in [-0.2, -0.15) is 15.0 Å². The molecular weight excluding hydrogens is 964 g/mol. The van der Waals surface area contributed by atoms with Crippen LogP contribution in [0.1, 0.15) is 94.5 Å². The van der Waals surface area contributed by atoms with Gasteiger partial charge in [-0.15, -0.1) is 29.0 Å². The van der Waals surface area contributed by atoms with E-state index in [9.17, 15) is 24.6 Å². The number of carboxylic acids is 1. The molecule has 2 saturated heterocycles. The van der Waals surface area contributed by atoms with Gasteiger partial charge < -0.3 is 60.8 Å². The highest BCUT2D eigenvalue weighted by Crippen LogP contribution is 2.28. The molecule has 2 fully saturated rings. The fraction of sp³-hybridized carbons (Fsp3) is 0.625. The Labute approximate surface area is 432 Å². The van der Waals surface area contributed by atoms with E-state index in [1.807, 2.05) is 27.8 Å². The molecule has 2 aliphatic heterocycles. The highest BCUT2D eigenvalue weighted by Gasteiger charge is 2.35. The lowest BCUT2D eigenvalue weighted by Crippen LogP contribution is -2.52. The number of rotatable bonds is 28. The van der Waals surface area contributed by atoms with Crippen molar-refractivity contribution in [2.45, 2.75) is 84.0 Å². The van der Waals surface area contributed by atoms with E-state index >= 15 is 0 Å². The largest absolute Gasteiger partial charge is 0.508 e. The molecule has 25 heteroatoms. The highest BCUT2D eigenvalue weighted by atomic mass is 35.5. The van der Waals surface area contributed by atoms with Crippen LogP contribution in [0.3, 0.4) is 0 Å². The number of nitrogens with two attached hydrogens (primary N) is 2. The second-order valence-electron chi connectivity index (χ2n) is 18.5.